The number of methoxy groups -OCH3 is 1. The van der Waals surface area contributed by atoms with Gasteiger partial charge >= 0.3 is 0 Å². The van der Waals surface area contributed by atoms with Crippen molar-refractivity contribution in [1.29, 1.82) is 0 Å². The van der Waals surface area contributed by atoms with Gasteiger partial charge in [-0.25, -0.2) is 0 Å². The first-order valence-corrected chi connectivity index (χ1v) is 7.83. The number of rotatable bonds is 8. The minimum absolute atomic E-state index is 0.305. The fourth-order valence-corrected chi connectivity index (χ4v) is 2.54. The van der Waals surface area contributed by atoms with Crippen LogP contribution < -0.4 is 15.2 Å². The maximum absolute atomic E-state index is 5.95. The quantitative estimate of drug-likeness (QED) is 0.807. The summed E-state index contributed by atoms with van der Waals surface area (Å²) in [6.45, 7) is 3.43. The second-order valence-electron chi connectivity index (χ2n) is 5.30. The Morgan fingerprint density at radius 2 is 1.77 bits per heavy atom. The molecular formula is C19H25NO2. The lowest BCUT2D eigenvalue weighted by molar-refractivity contribution is 0.295. The number of benzene rings is 2. The van der Waals surface area contributed by atoms with Crippen LogP contribution in [0.1, 0.15) is 30.4 Å². The Morgan fingerprint density at radius 3 is 2.41 bits per heavy atom. The highest BCUT2D eigenvalue weighted by atomic mass is 16.5. The summed E-state index contributed by atoms with van der Waals surface area (Å²) in [4.78, 5) is 0. The van der Waals surface area contributed by atoms with Gasteiger partial charge in [0.25, 0.3) is 0 Å². The molecule has 0 amide bonds. The predicted octanol–water partition coefficient (Wildman–Crippen LogP) is 3.77. The molecule has 0 saturated heterocycles. The zero-order chi connectivity index (χ0) is 15.8. The Morgan fingerprint density at radius 1 is 1.05 bits per heavy atom. The molecule has 2 aromatic carbocycles. The molecule has 0 aromatic heterocycles. The highest BCUT2D eigenvalue weighted by Crippen LogP contribution is 2.23. The molecule has 0 radical (unpaired) electrons. The summed E-state index contributed by atoms with van der Waals surface area (Å²) < 4.78 is 11.1. The van der Waals surface area contributed by atoms with Gasteiger partial charge in [-0.05, 0) is 54.6 Å². The van der Waals surface area contributed by atoms with Gasteiger partial charge in [0.05, 0.1) is 13.7 Å². The van der Waals surface area contributed by atoms with Crippen LogP contribution in [0, 0.1) is 0 Å². The Labute approximate surface area is 133 Å². The summed E-state index contributed by atoms with van der Waals surface area (Å²) in [6, 6.07) is 16.3. The van der Waals surface area contributed by atoms with Gasteiger partial charge in [-0.15, -0.1) is 0 Å². The van der Waals surface area contributed by atoms with Crippen LogP contribution in [-0.2, 0) is 6.42 Å². The Kier molecular flexibility index (Phi) is 6.28. The van der Waals surface area contributed by atoms with Gasteiger partial charge in [0.1, 0.15) is 11.5 Å². The van der Waals surface area contributed by atoms with E-state index in [0.717, 1.165) is 24.3 Å². The van der Waals surface area contributed by atoms with Crippen molar-refractivity contribution in [3.63, 3.8) is 0 Å². The third kappa shape index (κ3) is 4.25. The summed E-state index contributed by atoms with van der Waals surface area (Å²) in [7, 11) is 1.68. The van der Waals surface area contributed by atoms with Crippen LogP contribution in [0.5, 0.6) is 11.5 Å². The topological polar surface area (TPSA) is 44.5 Å². The maximum atomic E-state index is 5.95. The smallest absolute Gasteiger partial charge is 0.122 e. The summed E-state index contributed by atoms with van der Waals surface area (Å²) in [5.74, 6) is 2.16. The standard InChI is InChI=1S/C19H25NO2/c1-3-15-6-4-5-7-19(15)22-13-12-17(14-20)16-8-10-18(21-2)11-9-16/h4-11,17H,3,12-14,20H2,1-2H3. The lowest BCUT2D eigenvalue weighted by Gasteiger charge is -2.17. The van der Waals surface area contributed by atoms with E-state index in [0.29, 0.717) is 19.1 Å². The van der Waals surface area contributed by atoms with Crippen molar-refractivity contribution in [1.82, 2.24) is 0 Å². The van der Waals surface area contributed by atoms with Crippen molar-refractivity contribution < 1.29 is 9.47 Å². The Hall–Kier alpha value is -2.00. The van der Waals surface area contributed by atoms with Crippen LogP contribution in [0.3, 0.4) is 0 Å². The first-order chi connectivity index (χ1) is 10.8. The van der Waals surface area contributed by atoms with E-state index in [1.54, 1.807) is 7.11 Å². The van der Waals surface area contributed by atoms with E-state index in [-0.39, 0.29) is 0 Å². The largest absolute Gasteiger partial charge is 0.497 e. The van der Waals surface area contributed by atoms with Crippen molar-refractivity contribution in [3.8, 4) is 11.5 Å². The highest BCUT2D eigenvalue weighted by Gasteiger charge is 2.10. The first kappa shape index (κ1) is 16.4. The summed E-state index contributed by atoms with van der Waals surface area (Å²) in [5, 5.41) is 0. The number of hydrogen-bond acceptors (Lipinski definition) is 3. The number of ether oxygens (including phenoxy) is 2. The van der Waals surface area contributed by atoms with E-state index in [9.17, 15) is 0 Å². The molecule has 0 aliphatic rings. The van der Waals surface area contributed by atoms with Crippen LogP contribution >= 0.6 is 0 Å². The molecule has 1 atom stereocenters. The highest BCUT2D eigenvalue weighted by molar-refractivity contribution is 5.33. The van der Waals surface area contributed by atoms with Gasteiger partial charge in [-0.2, -0.15) is 0 Å². The molecule has 0 aliphatic heterocycles. The van der Waals surface area contributed by atoms with E-state index >= 15 is 0 Å². The fourth-order valence-electron chi connectivity index (χ4n) is 2.54. The van der Waals surface area contributed by atoms with Gasteiger partial charge in [0.2, 0.25) is 0 Å². The molecule has 1 unspecified atom stereocenters. The van der Waals surface area contributed by atoms with Gasteiger partial charge in [-0.1, -0.05) is 37.3 Å². The SMILES string of the molecule is CCc1ccccc1OCCC(CN)c1ccc(OC)cc1. The molecule has 0 saturated carbocycles. The Balaban J connectivity index is 1.93. The molecule has 3 heteroatoms. The minimum atomic E-state index is 0.305. The molecule has 0 bridgehead atoms. The zero-order valence-electron chi connectivity index (χ0n) is 13.4. The van der Waals surface area contributed by atoms with Crippen molar-refractivity contribution in [2.24, 2.45) is 5.73 Å². The lowest BCUT2D eigenvalue weighted by atomic mass is 9.96. The second kappa shape index (κ2) is 8.44. The molecule has 0 fully saturated rings. The van der Waals surface area contributed by atoms with Crippen molar-refractivity contribution in [2.75, 3.05) is 20.3 Å². The molecule has 0 spiro atoms. The van der Waals surface area contributed by atoms with Crippen molar-refractivity contribution in [3.05, 3.63) is 59.7 Å². The summed E-state index contributed by atoms with van der Waals surface area (Å²) in [6.07, 6.45) is 1.88. The zero-order valence-corrected chi connectivity index (χ0v) is 13.4. The van der Waals surface area contributed by atoms with Crippen LogP contribution in [0.2, 0.25) is 0 Å². The molecule has 22 heavy (non-hydrogen) atoms. The molecule has 2 aromatic rings. The molecule has 2 N–H and O–H groups in total. The molecule has 3 nitrogen and oxygen atoms in total. The molecule has 118 valence electrons. The summed E-state index contributed by atoms with van der Waals surface area (Å²) in [5.41, 5.74) is 8.40. The summed E-state index contributed by atoms with van der Waals surface area (Å²) >= 11 is 0. The predicted molar refractivity (Wildman–Crippen MR) is 90.7 cm³/mol. The van der Waals surface area contributed by atoms with E-state index in [1.807, 2.05) is 30.3 Å². The first-order valence-electron chi connectivity index (χ1n) is 7.83. The number of aryl methyl sites for hydroxylation is 1. The normalized spacial score (nSPS) is 12.0. The van der Waals surface area contributed by atoms with Crippen molar-refractivity contribution in [2.45, 2.75) is 25.7 Å². The van der Waals surface area contributed by atoms with E-state index in [4.69, 9.17) is 15.2 Å². The molecular weight excluding hydrogens is 274 g/mol. The van der Waals surface area contributed by atoms with Crippen LogP contribution in [0.4, 0.5) is 0 Å². The molecule has 0 aliphatic carbocycles. The lowest BCUT2D eigenvalue weighted by Crippen LogP contribution is -2.15. The van der Waals surface area contributed by atoms with Crippen LogP contribution in [0.25, 0.3) is 0 Å². The molecule has 2 rings (SSSR count). The van der Waals surface area contributed by atoms with E-state index < -0.39 is 0 Å². The third-order valence-electron chi connectivity index (χ3n) is 3.95. The Bertz CT molecular complexity index is 566. The number of nitrogens with two attached hydrogens (primary N) is 1. The van der Waals surface area contributed by atoms with E-state index in [1.165, 1.54) is 11.1 Å². The average molecular weight is 299 g/mol. The van der Waals surface area contributed by atoms with Gasteiger partial charge in [-0.3, -0.25) is 0 Å². The average Bonchev–Trinajstić information content (AvgIpc) is 2.59. The van der Waals surface area contributed by atoms with Crippen LogP contribution in [0.15, 0.2) is 48.5 Å². The number of hydrogen-bond donors (Lipinski definition) is 1. The monoisotopic (exact) mass is 299 g/mol. The van der Waals surface area contributed by atoms with Crippen LogP contribution in [-0.4, -0.2) is 20.3 Å². The van der Waals surface area contributed by atoms with Gasteiger partial charge in [0, 0.05) is 0 Å². The fraction of sp³-hybridized carbons (Fsp3) is 0.368. The third-order valence-corrected chi connectivity index (χ3v) is 3.95. The maximum Gasteiger partial charge on any atom is 0.122 e. The molecule has 0 heterocycles. The van der Waals surface area contributed by atoms with Crippen molar-refractivity contribution >= 4 is 0 Å². The minimum Gasteiger partial charge on any atom is -0.497 e. The van der Waals surface area contributed by atoms with Gasteiger partial charge < -0.3 is 15.2 Å². The van der Waals surface area contributed by atoms with E-state index in [2.05, 4.69) is 25.1 Å². The second-order valence-corrected chi connectivity index (χ2v) is 5.30. The van der Waals surface area contributed by atoms with Gasteiger partial charge in [0.15, 0.2) is 0 Å². The number of para-hydroxylation sites is 1.